The third-order valence-electron chi connectivity index (χ3n) is 3.86. The molecule has 2 N–H and O–H groups in total. The lowest BCUT2D eigenvalue weighted by molar-refractivity contribution is 0.0424. The minimum Gasteiger partial charge on any atom is -0.394 e. The first-order chi connectivity index (χ1) is 9.08. The van der Waals surface area contributed by atoms with Crippen LogP contribution in [0.25, 0.3) is 0 Å². The van der Waals surface area contributed by atoms with Crippen molar-refractivity contribution in [1.82, 2.24) is 10.2 Å². The van der Waals surface area contributed by atoms with E-state index in [1.807, 2.05) is 0 Å². The summed E-state index contributed by atoms with van der Waals surface area (Å²) < 4.78 is 27.0. The van der Waals surface area contributed by atoms with Gasteiger partial charge in [0, 0.05) is 31.3 Å². The van der Waals surface area contributed by atoms with Gasteiger partial charge in [0.25, 0.3) is 0 Å². The summed E-state index contributed by atoms with van der Waals surface area (Å²) in [5.74, 6) is -1.20. The van der Waals surface area contributed by atoms with Gasteiger partial charge in [-0.3, -0.25) is 4.90 Å². The summed E-state index contributed by atoms with van der Waals surface area (Å²) in [6.07, 6.45) is 0.943. The zero-order chi connectivity index (χ0) is 13.9. The lowest BCUT2D eigenvalue weighted by atomic mass is 9.90. The first-order valence-electron chi connectivity index (χ1n) is 6.60. The SMILES string of the molecule is CC(CO)(c1ccc(F)cc1F)N1CCCNCC1. The smallest absolute Gasteiger partial charge is 0.131 e. The van der Waals surface area contributed by atoms with E-state index in [1.54, 1.807) is 6.92 Å². The predicted octanol–water partition coefficient (Wildman–Crippen LogP) is 1.47. The van der Waals surface area contributed by atoms with E-state index in [1.165, 1.54) is 12.1 Å². The van der Waals surface area contributed by atoms with E-state index < -0.39 is 17.2 Å². The summed E-state index contributed by atoms with van der Waals surface area (Å²) in [6, 6.07) is 3.54. The second-order valence-corrected chi connectivity index (χ2v) is 5.15. The maximum atomic E-state index is 14.0. The molecule has 1 fully saturated rings. The highest BCUT2D eigenvalue weighted by Gasteiger charge is 2.35. The zero-order valence-corrected chi connectivity index (χ0v) is 11.1. The molecule has 0 radical (unpaired) electrons. The fraction of sp³-hybridized carbons (Fsp3) is 0.571. The number of aliphatic hydroxyl groups is 1. The topological polar surface area (TPSA) is 35.5 Å². The average molecular weight is 270 g/mol. The van der Waals surface area contributed by atoms with Crippen molar-refractivity contribution in [3.63, 3.8) is 0 Å². The minimum absolute atomic E-state index is 0.199. The number of aliphatic hydroxyl groups excluding tert-OH is 1. The van der Waals surface area contributed by atoms with Crippen LogP contribution in [0.3, 0.4) is 0 Å². The number of halogens is 2. The Hall–Kier alpha value is -1.04. The molecule has 0 aromatic heterocycles. The summed E-state index contributed by atoms with van der Waals surface area (Å²) in [7, 11) is 0. The lowest BCUT2D eigenvalue weighted by Gasteiger charge is -2.40. The van der Waals surface area contributed by atoms with Crippen molar-refractivity contribution in [3.05, 3.63) is 35.4 Å². The molecule has 1 atom stereocenters. The van der Waals surface area contributed by atoms with Crippen molar-refractivity contribution in [2.45, 2.75) is 18.9 Å². The highest BCUT2D eigenvalue weighted by atomic mass is 19.1. The number of hydrogen-bond acceptors (Lipinski definition) is 3. The van der Waals surface area contributed by atoms with Crippen LogP contribution in [-0.4, -0.2) is 42.8 Å². The Bertz CT molecular complexity index is 433. The molecule has 0 saturated carbocycles. The van der Waals surface area contributed by atoms with Gasteiger partial charge in [-0.25, -0.2) is 8.78 Å². The van der Waals surface area contributed by atoms with Gasteiger partial charge in [0.05, 0.1) is 12.1 Å². The van der Waals surface area contributed by atoms with Crippen LogP contribution in [0, 0.1) is 11.6 Å². The molecule has 1 aromatic rings. The second-order valence-electron chi connectivity index (χ2n) is 5.15. The van der Waals surface area contributed by atoms with Crippen molar-refractivity contribution >= 4 is 0 Å². The monoisotopic (exact) mass is 270 g/mol. The molecule has 2 rings (SSSR count). The molecule has 1 aliphatic rings. The van der Waals surface area contributed by atoms with Crippen molar-refractivity contribution in [1.29, 1.82) is 0 Å². The van der Waals surface area contributed by atoms with E-state index in [0.29, 0.717) is 5.56 Å². The number of hydrogen-bond donors (Lipinski definition) is 2. The molecule has 0 aliphatic carbocycles. The number of benzene rings is 1. The van der Waals surface area contributed by atoms with E-state index in [9.17, 15) is 13.9 Å². The average Bonchev–Trinajstić information content (AvgIpc) is 2.67. The number of nitrogens with zero attached hydrogens (tertiary/aromatic N) is 1. The maximum absolute atomic E-state index is 14.0. The minimum atomic E-state index is -0.816. The molecule has 1 heterocycles. The molecule has 3 nitrogen and oxygen atoms in total. The highest BCUT2D eigenvalue weighted by molar-refractivity contribution is 5.27. The first kappa shape index (κ1) is 14.4. The Morgan fingerprint density at radius 3 is 2.79 bits per heavy atom. The first-order valence-corrected chi connectivity index (χ1v) is 6.60. The molecule has 5 heteroatoms. The van der Waals surface area contributed by atoms with Crippen molar-refractivity contribution in [2.24, 2.45) is 0 Å². The van der Waals surface area contributed by atoms with Gasteiger partial charge < -0.3 is 10.4 Å². The Kier molecular flexibility index (Phi) is 4.50. The molecule has 1 unspecified atom stereocenters. The zero-order valence-electron chi connectivity index (χ0n) is 11.1. The van der Waals surface area contributed by atoms with Gasteiger partial charge in [-0.2, -0.15) is 0 Å². The summed E-state index contributed by atoms with van der Waals surface area (Å²) in [5.41, 5.74) is -0.470. The molecule has 0 spiro atoms. The van der Waals surface area contributed by atoms with E-state index in [-0.39, 0.29) is 6.61 Å². The standard InChI is InChI=1S/C14H20F2N2O/c1-14(10-19,18-7-2-5-17-6-8-18)12-4-3-11(15)9-13(12)16/h3-4,9,17,19H,2,5-8,10H2,1H3. The third kappa shape index (κ3) is 2.94. The Balaban J connectivity index is 2.34. The Labute approximate surface area is 112 Å². The molecule has 0 bridgehead atoms. The number of rotatable bonds is 3. The van der Waals surface area contributed by atoms with Crippen molar-refractivity contribution < 1.29 is 13.9 Å². The van der Waals surface area contributed by atoms with Crippen molar-refractivity contribution in [3.8, 4) is 0 Å². The molecular formula is C14H20F2N2O. The third-order valence-corrected chi connectivity index (χ3v) is 3.86. The van der Waals surface area contributed by atoms with E-state index in [2.05, 4.69) is 10.2 Å². The Morgan fingerprint density at radius 2 is 2.11 bits per heavy atom. The van der Waals surface area contributed by atoms with E-state index >= 15 is 0 Å². The maximum Gasteiger partial charge on any atom is 0.131 e. The van der Waals surface area contributed by atoms with Gasteiger partial charge >= 0.3 is 0 Å². The summed E-state index contributed by atoms with van der Waals surface area (Å²) in [6.45, 7) is 4.83. The summed E-state index contributed by atoms with van der Waals surface area (Å²) >= 11 is 0. The second kappa shape index (κ2) is 5.94. The van der Waals surface area contributed by atoms with Crippen LogP contribution >= 0.6 is 0 Å². The fourth-order valence-corrected chi connectivity index (χ4v) is 2.62. The van der Waals surface area contributed by atoms with Crippen LogP contribution < -0.4 is 5.32 Å². The summed E-state index contributed by atoms with van der Waals surface area (Å²) in [5, 5.41) is 13.0. The van der Waals surface area contributed by atoms with Crippen LogP contribution in [0.5, 0.6) is 0 Å². The lowest BCUT2D eigenvalue weighted by Crippen LogP contribution is -2.48. The van der Waals surface area contributed by atoms with Gasteiger partial charge in [-0.15, -0.1) is 0 Å². The van der Waals surface area contributed by atoms with Gasteiger partial charge in [0.2, 0.25) is 0 Å². The van der Waals surface area contributed by atoms with E-state index in [0.717, 1.165) is 38.7 Å². The molecule has 19 heavy (non-hydrogen) atoms. The van der Waals surface area contributed by atoms with Gasteiger partial charge in [-0.05, 0) is 26.0 Å². The predicted molar refractivity (Wildman–Crippen MR) is 69.9 cm³/mol. The fourth-order valence-electron chi connectivity index (χ4n) is 2.62. The van der Waals surface area contributed by atoms with Crippen LogP contribution in [0.2, 0.25) is 0 Å². The van der Waals surface area contributed by atoms with Crippen LogP contribution in [0.4, 0.5) is 8.78 Å². The van der Waals surface area contributed by atoms with Crippen LogP contribution in [-0.2, 0) is 5.54 Å². The molecule has 0 amide bonds. The normalized spacial score (nSPS) is 20.8. The molecule has 1 aliphatic heterocycles. The van der Waals surface area contributed by atoms with Gasteiger partial charge in [0.15, 0.2) is 0 Å². The molecule has 1 saturated heterocycles. The van der Waals surface area contributed by atoms with Gasteiger partial charge in [-0.1, -0.05) is 6.07 Å². The number of nitrogens with one attached hydrogen (secondary N) is 1. The largest absolute Gasteiger partial charge is 0.394 e. The van der Waals surface area contributed by atoms with Crippen LogP contribution in [0.15, 0.2) is 18.2 Å². The quantitative estimate of drug-likeness (QED) is 0.873. The molecular weight excluding hydrogens is 250 g/mol. The highest BCUT2D eigenvalue weighted by Crippen LogP contribution is 2.30. The van der Waals surface area contributed by atoms with Gasteiger partial charge in [0.1, 0.15) is 11.6 Å². The molecule has 106 valence electrons. The van der Waals surface area contributed by atoms with Crippen LogP contribution in [0.1, 0.15) is 18.9 Å². The van der Waals surface area contributed by atoms with Crippen molar-refractivity contribution in [2.75, 3.05) is 32.8 Å². The summed E-state index contributed by atoms with van der Waals surface area (Å²) in [4.78, 5) is 2.06. The van der Waals surface area contributed by atoms with E-state index in [4.69, 9.17) is 0 Å². The Morgan fingerprint density at radius 1 is 1.32 bits per heavy atom. The molecule has 1 aromatic carbocycles.